The maximum absolute atomic E-state index is 12.2. The minimum absolute atomic E-state index is 0.00772. The summed E-state index contributed by atoms with van der Waals surface area (Å²) in [6.45, 7) is 1.86. The van der Waals surface area contributed by atoms with Crippen LogP contribution in [-0.2, 0) is 9.59 Å². The van der Waals surface area contributed by atoms with Gasteiger partial charge in [-0.25, -0.2) is 0 Å². The summed E-state index contributed by atoms with van der Waals surface area (Å²) in [7, 11) is 0. The number of hydrogen-bond acceptors (Lipinski definition) is 2. The Morgan fingerprint density at radius 3 is 2.85 bits per heavy atom. The third-order valence-corrected chi connectivity index (χ3v) is 4.53. The third-order valence-electron chi connectivity index (χ3n) is 4.53. The number of allylic oxidation sites excluding steroid dienone is 1. The summed E-state index contributed by atoms with van der Waals surface area (Å²) in [5.41, 5.74) is 3.88. The zero-order valence-electron chi connectivity index (χ0n) is 15.0. The molecule has 2 aromatic rings. The molecule has 0 aliphatic carbocycles. The van der Waals surface area contributed by atoms with Gasteiger partial charge in [0.1, 0.15) is 0 Å². The molecule has 4 nitrogen and oxygen atoms in total. The lowest BCUT2D eigenvalue weighted by atomic mass is 9.96. The second kappa shape index (κ2) is 8.48. The van der Waals surface area contributed by atoms with Gasteiger partial charge in [-0.2, -0.15) is 0 Å². The molecule has 2 N–H and O–H groups in total. The number of carbonyl (C=O) groups is 2. The van der Waals surface area contributed by atoms with Crippen LogP contribution in [0.5, 0.6) is 0 Å². The average Bonchev–Trinajstić information content (AvgIpc) is 2.67. The zero-order chi connectivity index (χ0) is 18.4. The molecular formula is C22H24N2O2. The number of nitrogens with one attached hydrogen (secondary N) is 2. The summed E-state index contributed by atoms with van der Waals surface area (Å²) in [5, 5.41) is 6.12. The van der Waals surface area contributed by atoms with E-state index in [0.29, 0.717) is 25.7 Å². The van der Waals surface area contributed by atoms with Crippen molar-refractivity contribution in [3.05, 3.63) is 66.2 Å². The maximum Gasteiger partial charge on any atom is 0.224 e. The van der Waals surface area contributed by atoms with Gasteiger partial charge in [-0.3, -0.25) is 9.59 Å². The van der Waals surface area contributed by atoms with E-state index in [-0.39, 0.29) is 17.9 Å². The van der Waals surface area contributed by atoms with Crippen LogP contribution >= 0.6 is 0 Å². The Labute approximate surface area is 154 Å². The van der Waals surface area contributed by atoms with Crippen molar-refractivity contribution in [1.82, 2.24) is 5.32 Å². The van der Waals surface area contributed by atoms with Crippen LogP contribution in [0.4, 0.5) is 5.69 Å². The van der Waals surface area contributed by atoms with Crippen LogP contribution in [0.2, 0.25) is 0 Å². The Balaban J connectivity index is 2.04. The zero-order valence-corrected chi connectivity index (χ0v) is 15.0. The Hall–Kier alpha value is -2.88. The van der Waals surface area contributed by atoms with Gasteiger partial charge in [-0.1, -0.05) is 55.5 Å². The van der Waals surface area contributed by atoms with Gasteiger partial charge in [0.15, 0.2) is 0 Å². The fourth-order valence-electron chi connectivity index (χ4n) is 3.12. The highest BCUT2D eigenvalue weighted by molar-refractivity contribution is 5.95. The van der Waals surface area contributed by atoms with Crippen molar-refractivity contribution in [2.45, 2.75) is 38.6 Å². The number of amides is 2. The Bertz CT molecular complexity index is 826. The number of hydrogen-bond donors (Lipinski definition) is 2. The van der Waals surface area contributed by atoms with Gasteiger partial charge in [0.05, 0.1) is 6.04 Å². The van der Waals surface area contributed by atoms with E-state index in [1.807, 2.05) is 61.5 Å². The van der Waals surface area contributed by atoms with Crippen LogP contribution in [0.1, 0.15) is 44.2 Å². The van der Waals surface area contributed by atoms with Crippen LogP contribution in [0.3, 0.4) is 0 Å². The molecule has 134 valence electrons. The van der Waals surface area contributed by atoms with Gasteiger partial charge < -0.3 is 10.6 Å². The lowest BCUT2D eigenvalue weighted by Gasteiger charge is -2.19. The predicted octanol–water partition coefficient (Wildman–Crippen LogP) is 4.60. The van der Waals surface area contributed by atoms with Gasteiger partial charge in [0.2, 0.25) is 11.8 Å². The van der Waals surface area contributed by atoms with Crippen LogP contribution in [0.15, 0.2) is 60.7 Å². The quantitative estimate of drug-likeness (QED) is 0.779. The molecule has 3 rings (SSSR count). The molecule has 0 aromatic heterocycles. The summed E-state index contributed by atoms with van der Waals surface area (Å²) in [6, 6.07) is 15.9. The SMILES string of the molecule is CCC(=O)N[C@H]1C/C=C/CCC(=O)Nc2ccccc2-c2cccc1c2. The number of fused-ring (bicyclic) bond motifs is 4. The molecular weight excluding hydrogens is 324 g/mol. The van der Waals surface area contributed by atoms with Crippen molar-refractivity contribution in [1.29, 1.82) is 0 Å². The molecule has 26 heavy (non-hydrogen) atoms. The summed E-state index contributed by atoms with van der Waals surface area (Å²) in [5.74, 6) is 0.0451. The smallest absolute Gasteiger partial charge is 0.224 e. The monoisotopic (exact) mass is 348 g/mol. The highest BCUT2D eigenvalue weighted by atomic mass is 16.2. The van der Waals surface area contributed by atoms with E-state index >= 15 is 0 Å². The molecule has 0 fully saturated rings. The largest absolute Gasteiger partial charge is 0.349 e. The first-order valence-electron chi connectivity index (χ1n) is 9.11. The second-order valence-corrected chi connectivity index (χ2v) is 6.44. The first-order valence-corrected chi connectivity index (χ1v) is 9.11. The van der Waals surface area contributed by atoms with Crippen LogP contribution in [0, 0.1) is 0 Å². The highest BCUT2D eigenvalue weighted by Crippen LogP contribution is 2.31. The van der Waals surface area contributed by atoms with Crippen LogP contribution in [0.25, 0.3) is 11.1 Å². The number of carbonyl (C=O) groups excluding carboxylic acids is 2. The molecule has 2 aromatic carbocycles. The second-order valence-electron chi connectivity index (χ2n) is 6.44. The maximum atomic E-state index is 12.2. The first-order chi connectivity index (χ1) is 12.7. The number of anilines is 1. The molecule has 0 unspecified atom stereocenters. The lowest BCUT2D eigenvalue weighted by Crippen LogP contribution is -2.27. The van der Waals surface area contributed by atoms with Gasteiger partial charge >= 0.3 is 0 Å². The number of para-hydroxylation sites is 1. The molecule has 2 amide bonds. The van der Waals surface area contributed by atoms with Crippen molar-refractivity contribution in [2.75, 3.05) is 5.32 Å². The van der Waals surface area contributed by atoms with Gasteiger partial charge in [-0.05, 0) is 36.1 Å². The molecule has 1 aliphatic heterocycles. The molecule has 0 saturated carbocycles. The minimum Gasteiger partial charge on any atom is -0.349 e. The minimum atomic E-state index is -0.0739. The molecule has 1 atom stereocenters. The van der Waals surface area contributed by atoms with Crippen molar-refractivity contribution >= 4 is 17.5 Å². The van der Waals surface area contributed by atoms with E-state index in [9.17, 15) is 9.59 Å². The van der Waals surface area contributed by atoms with Gasteiger partial charge in [0, 0.05) is 24.1 Å². The van der Waals surface area contributed by atoms with Gasteiger partial charge in [0.25, 0.3) is 0 Å². The summed E-state index contributed by atoms with van der Waals surface area (Å²) >= 11 is 0. The Kier molecular flexibility index (Phi) is 5.84. The van der Waals surface area contributed by atoms with Crippen molar-refractivity contribution in [3.63, 3.8) is 0 Å². The molecule has 1 aliphatic rings. The summed E-state index contributed by atoms with van der Waals surface area (Å²) in [4.78, 5) is 24.2. The van der Waals surface area contributed by atoms with Crippen LogP contribution in [-0.4, -0.2) is 11.8 Å². The third kappa shape index (κ3) is 4.39. The lowest BCUT2D eigenvalue weighted by molar-refractivity contribution is -0.121. The van der Waals surface area contributed by atoms with Crippen molar-refractivity contribution < 1.29 is 9.59 Å². The predicted molar refractivity (Wildman–Crippen MR) is 105 cm³/mol. The van der Waals surface area contributed by atoms with Gasteiger partial charge in [-0.15, -0.1) is 0 Å². The number of rotatable bonds is 2. The summed E-state index contributed by atoms with van der Waals surface area (Å²) in [6.07, 6.45) is 6.35. The van der Waals surface area contributed by atoms with Crippen LogP contribution < -0.4 is 10.6 Å². The molecule has 4 heteroatoms. The normalized spacial score (nSPS) is 18.3. The number of benzene rings is 2. The first kappa shape index (κ1) is 17.9. The molecule has 0 spiro atoms. The molecule has 2 bridgehead atoms. The highest BCUT2D eigenvalue weighted by Gasteiger charge is 2.15. The fourth-order valence-corrected chi connectivity index (χ4v) is 3.12. The van der Waals surface area contributed by atoms with E-state index in [0.717, 1.165) is 22.4 Å². The van der Waals surface area contributed by atoms with E-state index in [1.165, 1.54) is 0 Å². The van der Waals surface area contributed by atoms with E-state index in [1.54, 1.807) is 0 Å². The van der Waals surface area contributed by atoms with E-state index in [2.05, 4.69) is 16.7 Å². The van der Waals surface area contributed by atoms with Crippen molar-refractivity contribution in [2.24, 2.45) is 0 Å². The molecule has 0 saturated heterocycles. The fraction of sp³-hybridized carbons (Fsp3) is 0.273. The molecule has 1 heterocycles. The Morgan fingerprint density at radius 2 is 2.00 bits per heavy atom. The van der Waals surface area contributed by atoms with Crippen molar-refractivity contribution in [3.8, 4) is 11.1 Å². The standard InChI is InChI=1S/C22H24N2O2/c1-2-21(25)23-19-12-4-3-5-14-22(26)24-20-13-7-6-11-18(20)16-9-8-10-17(19)15-16/h3-4,6-11,13,15,19H,2,5,12,14H2,1H3,(H,23,25)(H,24,26)/b4-3+/t19-/m0/s1. The Morgan fingerprint density at radius 1 is 1.15 bits per heavy atom. The molecule has 0 radical (unpaired) electrons. The van der Waals surface area contributed by atoms with E-state index < -0.39 is 0 Å². The summed E-state index contributed by atoms with van der Waals surface area (Å²) < 4.78 is 0. The van der Waals surface area contributed by atoms with E-state index in [4.69, 9.17) is 0 Å². The topological polar surface area (TPSA) is 58.2 Å². The average molecular weight is 348 g/mol.